The Morgan fingerprint density at radius 1 is 1.42 bits per heavy atom. The number of alkyl halides is 3. The zero-order valence-corrected chi connectivity index (χ0v) is 8.99. The summed E-state index contributed by atoms with van der Waals surface area (Å²) in [4.78, 5) is 9.58. The number of ether oxygens (including phenoxy) is 1. The zero-order valence-electron chi connectivity index (χ0n) is 6.73. The fourth-order valence-corrected chi connectivity index (χ4v) is 0.881. The molecule has 72 valence electrons. The van der Waals surface area contributed by atoms with Crippen molar-refractivity contribution >= 4 is 40.8 Å². The molecule has 0 saturated carbocycles. The third-order valence-corrected chi connectivity index (χ3v) is 1.74. The van der Waals surface area contributed by atoms with Crippen molar-refractivity contribution in [1.29, 1.82) is 0 Å². The van der Waals surface area contributed by atoms with E-state index in [0.717, 1.165) is 12.8 Å². The van der Waals surface area contributed by atoms with Gasteiger partial charge in [-0.05, 0) is 19.8 Å². The van der Waals surface area contributed by atoms with E-state index < -0.39 is 10.8 Å². The third kappa shape index (κ3) is 7.01. The van der Waals surface area contributed by atoms with E-state index in [-0.39, 0.29) is 5.38 Å². The van der Waals surface area contributed by atoms with Crippen LogP contribution in [-0.4, -0.2) is 22.8 Å². The number of carbonyl (C=O) groups is 1. The van der Waals surface area contributed by atoms with Crippen LogP contribution in [0.1, 0.15) is 19.8 Å². The Bertz CT molecular complexity index is 137. The number of hydrogen-bond donors (Lipinski definition) is 0. The van der Waals surface area contributed by atoms with Crippen LogP contribution in [0.25, 0.3) is 0 Å². The van der Waals surface area contributed by atoms with Gasteiger partial charge in [-0.15, -0.1) is 11.6 Å². The molecule has 0 aromatic heterocycles. The number of esters is 1. The predicted molar refractivity (Wildman–Crippen MR) is 51.0 cm³/mol. The monoisotopic (exact) mass is 232 g/mol. The average Bonchev–Trinajstić information content (AvgIpc) is 1.97. The zero-order chi connectivity index (χ0) is 9.56. The second-order valence-corrected chi connectivity index (χ2v) is 4.23. The highest BCUT2D eigenvalue weighted by molar-refractivity contribution is 6.52. The minimum absolute atomic E-state index is 0.103. The molecule has 0 bridgehead atoms. The minimum Gasteiger partial charge on any atom is -0.464 e. The molecule has 0 rings (SSSR count). The summed E-state index contributed by atoms with van der Waals surface area (Å²) < 4.78 is 4.69. The molecule has 0 saturated heterocycles. The van der Waals surface area contributed by atoms with E-state index in [2.05, 4.69) is 0 Å². The van der Waals surface area contributed by atoms with Crippen molar-refractivity contribution in [3.8, 4) is 0 Å². The molecule has 1 atom stereocenters. The lowest BCUT2D eigenvalue weighted by Gasteiger charge is -2.05. The number of hydrogen-bond acceptors (Lipinski definition) is 2. The van der Waals surface area contributed by atoms with Gasteiger partial charge in [0.05, 0.1) is 6.61 Å². The predicted octanol–water partition coefficient (Wildman–Crippen LogP) is 2.74. The Hall–Kier alpha value is 0.340. The molecule has 2 nitrogen and oxygen atoms in total. The third-order valence-electron chi connectivity index (χ3n) is 1.17. The van der Waals surface area contributed by atoms with Gasteiger partial charge in [-0.3, -0.25) is 0 Å². The van der Waals surface area contributed by atoms with Crippen LogP contribution in [0, 0.1) is 0 Å². The highest BCUT2D eigenvalue weighted by Gasteiger charge is 2.12. The molecule has 0 heterocycles. The second kappa shape index (κ2) is 6.81. The Morgan fingerprint density at radius 2 is 2.00 bits per heavy atom. The fraction of sp³-hybridized carbons (Fsp3) is 0.857. The van der Waals surface area contributed by atoms with Gasteiger partial charge in [0, 0.05) is 5.38 Å². The number of halogens is 3. The largest absolute Gasteiger partial charge is 0.464 e. The molecule has 1 unspecified atom stereocenters. The van der Waals surface area contributed by atoms with Gasteiger partial charge in [0.2, 0.25) is 4.84 Å². The van der Waals surface area contributed by atoms with Crippen molar-refractivity contribution < 1.29 is 9.53 Å². The summed E-state index contributed by atoms with van der Waals surface area (Å²) >= 11 is 16.1. The summed E-state index contributed by atoms with van der Waals surface area (Å²) in [5, 5.41) is 0.103. The van der Waals surface area contributed by atoms with Crippen LogP contribution >= 0.6 is 34.8 Å². The number of carbonyl (C=O) groups excluding carboxylic acids is 1. The first-order valence-electron chi connectivity index (χ1n) is 3.63. The first-order chi connectivity index (χ1) is 5.54. The van der Waals surface area contributed by atoms with Gasteiger partial charge in [-0.25, -0.2) is 4.79 Å². The van der Waals surface area contributed by atoms with Gasteiger partial charge in [0.25, 0.3) is 0 Å². The molecule has 0 fully saturated rings. The van der Waals surface area contributed by atoms with Gasteiger partial charge >= 0.3 is 5.97 Å². The van der Waals surface area contributed by atoms with Crippen LogP contribution < -0.4 is 0 Å². The topological polar surface area (TPSA) is 26.3 Å². The Kier molecular flexibility index (Phi) is 7.01. The van der Waals surface area contributed by atoms with Crippen LogP contribution in [-0.2, 0) is 9.53 Å². The molecule has 0 spiro atoms. The standard InChI is InChI=1S/C7H11Cl3O2/c1-5(8)3-2-4-12-7(11)6(9)10/h5-6H,2-4H2,1H3. The SMILES string of the molecule is CC(Cl)CCCOC(=O)C(Cl)Cl. The van der Waals surface area contributed by atoms with Crippen molar-refractivity contribution in [3.05, 3.63) is 0 Å². The Labute approximate surface area is 87.1 Å². The van der Waals surface area contributed by atoms with Crippen molar-refractivity contribution in [2.75, 3.05) is 6.61 Å². The molecule has 0 aliphatic carbocycles. The molecule has 12 heavy (non-hydrogen) atoms. The van der Waals surface area contributed by atoms with Gasteiger partial charge in [0.1, 0.15) is 0 Å². The Balaban J connectivity index is 3.26. The maximum Gasteiger partial charge on any atom is 0.339 e. The molecule has 0 radical (unpaired) electrons. The Morgan fingerprint density at radius 3 is 2.42 bits per heavy atom. The van der Waals surface area contributed by atoms with E-state index in [1.807, 2.05) is 6.92 Å². The molecule has 0 aromatic carbocycles. The summed E-state index contributed by atoms with van der Waals surface area (Å²) in [6, 6.07) is 0. The molecule has 0 aliphatic rings. The van der Waals surface area contributed by atoms with Gasteiger partial charge in [-0.1, -0.05) is 23.2 Å². The molecule has 0 aromatic rings. The highest BCUT2D eigenvalue weighted by Crippen LogP contribution is 2.06. The smallest absolute Gasteiger partial charge is 0.339 e. The van der Waals surface area contributed by atoms with E-state index in [1.165, 1.54) is 0 Å². The first-order valence-corrected chi connectivity index (χ1v) is 4.94. The lowest BCUT2D eigenvalue weighted by atomic mass is 10.3. The van der Waals surface area contributed by atoms with Crippen molar-refractivity contribution in [1.82, 2.24) is 0 Å². The van der Waals surface area contributed by atoms with Crippen LogP contribution in [0.5, 0.6) is 0 Å². The molecular weight excluding hydrogens is 222 g/mol. The van der Waals surface area contributed by atoms with Crippen LogP contribution in [0.2, 0.25) is 0 Å². The second-order valence-electron chi connectivity index (χ2n) is 2.39. The molecule has 0 aliphatic heterocycles. The fourth-order valence-electron chi connectivity index (χ4n) is 0.600. The van der Waals surface area contributed by atoms with Crippen molar-refractivity contribution in [2.24, 2.45) is 0 Å². The van der Waals surface area contributed by atoms with E-state index >= 15 is 0 Å². The maximum atomic E-state index is 10.7. The van der Waals surface area contributed by atoms with Crippen LogP contribution in [0.15, 0.2) is 0 Å². The molecule has 5 heteroatoms. The average molecular weight is 234 g/mol. The minimum atomic E-state index is -1.08. The first kappa shape index (κ1) is 12.3. The summed E-state index contributed by atoms with van der Waals surface area (Å²) in [6.45, 7) is 2.21. The number of rotatable bonds is 5. The highest BCUT2D eigenvalue weighted by atomic mass is 35.5. The van der Waals surface area contributed by atoms with E-state index in [1.54, 1.807) is 0 Å². The lowest BCUT2D eigenvalue weighted by Crippen LogP contribution is -2.13. The summed E-state index contributed by atoms with van der Waals surface area (Å²) in [5.41, 5.74) is 0. The van der Waals surface area contributed by atoms with E-state index in [0.29, 0.717) is 6.61 Å². The van der Waals surface area contributed by atoms with E-state index in [9.17, 15) is 4.79 Å². The lowest BCUT2D eigenvalue weighted by molar-refractivity contribution is -0.141. The summed E-state index contributed by atoms with van der Waals surface area (Å²) in [5.74, 6) is -0.597. The van der Waals surface area contributed by atoms with Gasteiger partial charge in [-0.2, -0.15) is 0 Å². The van der Waals surface area contributed by atoms with Gasteiger partial charge < -0.3 is 4.74 Å². The van der Waals surface area contributed by atoms with Crippen molar-refractivity contribution in [3.63, 3.8) is 0 Å². The van der Waals surface area contributed by atoms with Crippen LogP contribution in [0.4, 0.5) is 0 Å². The normalized spacial score (nSPS) is 13.1. The molecule has 0 amide bonds. The summed E-state index contributed by atoms with van der Waals surface area (Å²) in [7, 11) is 0. The quantitative estimate of drug-likeness (QED) is 0.415. The van der Waals surface area contributed by atoms with Gasteiger partial charge in [0.15, 0.2) is 0 Å². The van der Waals surface area contributed by atoms with Crippen LogP contribution in [0.3, 0.4) is 0 Å². The van der Waals surface area contributed by atoms with Crippen molar-refractivity contribution in [2.45, 2.75) is 30.0 Å². The molecule has 0 N–H and O–H groups in total. The summed E-state index contributed by atoms with van der Waals surface area (Å²) in [6.07, 6.45) is 1.54. The molecular formula is C7H11Cl3O2. The maximum absolute atomic E-state index is 10.7. The van der Waals surface area contributed by atoms with E-state index in [4.69, 9.17) is 39.5 Å².